The molecular weight excluding hydrogens is 298 g/mol. The quantitative estimate of drug-likeness (QED) is 0.943. The zero-order chi connectivity index (χ0) is 15.5. The first kappa shape index (κ1) is 15.0. The number of thiazole rings is 1. The maximum absolute atomic E-state index is 12.6. The van der Waals surface area contributed by atoms with Crippen LogP contribution in [0.5, 0.6) is 5.75 Å². The predicted octanol–water partition coefficient (Wildman–Crippen LogP) is 2.25. The molecule has 1 aliphatic heterocycles. The number of rotatable bonds is 3. The van der Waals surface area contributed by atoms with Crippen LogP contribution in [0.2, 0.25) is 0 Å². The van der Waals surface area contributed by atoms with E-state index in [0.717, 1.165) is 36.0 Å². The number of hydrogen-bond donors (Lipinski definition) is 1. The van der Waals surface area contributed by atoms with E-state index < -0.39 is 0 Å². The van der Waals surface area contributed by atoms with E-state index >= 15 is 0 Å². The fraction of sp³-hybridized carbons (Fsp3) is 0.375. The number of nitrogens with one attached hydrogen (secondary N) is 1. The van der Waals surface area contributed by atoms with Crippen molar-refractivity contribution in [2.24, 2.45) is 0 Å². The van der Waals surface area contributed by atoms with Crippen molar-refractivity contribution in [3.63, 3.8) is 0 Å². The van der Waals surface area contributed by atoms with Crippen LogP contribution in [0.15, 0.2) is 30.5 Å². The summed E-state index contributed by atoms with van der Waals surface area (Å²) in [4.78, 5) is 19.6. The molecule has 0 spiro atoms. The molecule has 1 aromatic heterocycles. The summed E-state index contributed by atoms with van der Waals surface area (Å²) in [5, 5.41) is 4.15. The largest absolute Gasteiger partial charge is 0.497 e. The highest BCUT2D eigenvalue weighted by atomic mass is 32.1. The average molecular weight is 317 g/mol. The lowest BCUT2D eigenvalue weighted by atomic mass is 10.2. The Morgan fingerprint density at radius 3 is 2.86 bits per heavy atom. The maximum atomic E-state index is 12.6. The number of carbonyl (C=O) groups is 1. The highest BCUT2D eigenvalue weighted by molar-refractivity contribution is 7.16. The molecule has 1 amide bonds. The molecular formula is C16H19N3O2S. The van der Waals surface area contributed by atoms with Crippen LogP contribution in [0.3, 0.4) is 0 Å². The van der Waals surface area contributed by atoms with Crippen LogP contribution in [0.4, 0.5) is 0 Å². The molecule has 2 aromatic rings. The number of nitrogens with zero attached hydrogens (tertiary/aromatic N) is 2. The molecule has 3 rings (SSSR count). The molecule has 0 radical (unpaired) electrons. The highest BCUT2D eigenvalue weighted by Crippen LogP contribution is 2.27. The van der Waals surface area contributed by atoms with Crippen LogP contribution in [0.25, 0.3) is 10.6 Å². The van der Waals surface area contributed by atoms with Gasteiger partial charge in [0, 0.05) is 31.2 Å². The van der Waals surface area contributed by atoms with Crippen LogP contribution in [-0.2, 0) is 0 Å². The molecule has 1 saturated heterocycles. The smallest absolute Gasteiger partial charge is 0.265 e. The first-order valence-electron chi connectivity index (χ1n) is 7.31. The van der Waals surface area contributed by atoms with Crippen molar-refractivity contribution < 1.29 is 9.53 Å². The molecule has 6 heteroatoms. The lowest BCUT2D eigenvalue weighted by molar-refractivity contribution is 0.0660. The molecule has 1 aromatic carbocycles. The second-order valence-corrected chi connectivity index (χ2v) is 6.34. The van der Waals surface area contributed by atoms with E-state index in [0.29, 0.717) is 4.88 Å². The average Bonchev–Trinajstić information content (AvgIpc) is 3.05. The number of benzene rings is 1. The number of amides is 1. The number of ether oxygens (including phenoxy) is 1. The second-order valence-electron chi connectivity index (χ2n) is 5.31. The Labute approximate surface area is 133 Å². The van der Waals surface area contributed by atoms with E-state index in [1.165, 1.54) is 11.3 Å². The molecule has 0 saturated carbocycles. The van der Waals surface area contributed by atoms with E-state index in [2.05, 4.69) is 17.2 Å². The van der Waals surface area contributed by atoms with Gasteiger partial charge in [-0.05, 0) is 31.2 Å². The van der Waals surface area contributed by atoms with Gasteiger partial charge in [-0.2, -0.15) is 0 Å². The van der Waals surface area contributed by atoms with Crippen molar-refractivity contribution in [3.05, 3.63) is 35.3 Å². The van der Waals surface area contributed by atoms with Gasteiger partial charge in [0.2, 0.25) is 0 Å². The summed E-state index contributed by atoms with van der Waals surface area (Å²) in [6.45, 7) is 4.50. The van der Waals surface area contributed by atoms with Gasteiger partial charge in [0.15, 0.2) is 0 Å². The van der Waals surface area contributed by atoms with E-state index in [9.17, 15) is 4.79 Å². The van der Waals surface area contributed by atoms with Gasteiger partial charge in [0.05, 0.1) is 13.3 Å². The third-order valence-corrected chi connectivity index (χ3v) is 4.85. The first-order chi connectivity index (χ1) is 10.7. The lowest BCUT2D eigenvalue weighted by Crippen LogP contribution is -2.52. The summed E-state index contributed by atoms with van der Waals surface area (Å²) >= 11 is 1.44. The molecule has 22 heavy (non-hydrogen) atoms. The Bertz CT molecular complexity index is 654. The Balaban J connectivity index is 1.79. The Morgan fingerprint density at radius 1 is 1.41 bits per heavy atom. The summed E-state index contributed by atoms with van der Waals surface area (Å²) < 4.78 is 5.16. The van der Waals surface area contributed by atoms with E-state index in [1.54, 1.807) is 13.3 Å². The molecule has 0 aliphatic carbocycles. The summed E-state index contributed by atoms with van der Waals surface area (Å²) in [6, 6.07) is 7.93. The molecule has 0 unspecified atom stereocenters. The van der Waals surface area contributed by atoms with Crippen LogP contribution >= 0.6 is 11.3 Å². The van der Waals surface area contributed by atoms with E-state index in [-0.39, 0.29) is 11.9 Å². The van der Waals surface area contributed by atoms with Crippen LogP contribution in [-0.4, -0.2) is 48.6 Å². The minimum absolute atomic E-state index is 0.0752. The number of hydrogen-bond acceptors (Lipinski definition) is 5. The van der Waals surface area contributed by atoms with Crippen molar-refractivity contribution in [1.29, 1.82) is 0 Å². The van der Waals surface area contributed by atoms with E-state index in [4.69, 9.17) is 4.74 Å². The summed E-state index contributed by atoms with van der Waals surface area (Å²) in [7, 11) is 1.64. The zero-order valence-corrected chi connectivity index (χ0v) is 13.5. The van der Waals surface area contributed by atoms with Gasteiger partial charge in [-0.3, -0.25) is 4.79 Å². The van der Waals surface area contributed by atoms with Crippen LogP contribution < -0.4 is 10.1 Å². The second kappa shape index (κ2) is 6.46. The molecule has 1 atom stereocenters. The predicted molar refractivity (Wildman–Crippen MR) is 87.5 cm³/mol. The highest BCUT2D eigenvalue weighted by Gasteiger charge is 2.25. The third-order valence-electron chi connectivity index (χ3n) is 3.82. The zero-order valence-electron chi connectivity index (χ0n) is 12.7. The summed E-state index contributed by atoms with van der Waals surface area (Å²) in [5.74, 6) is 0.887. The molecule has 116 valence electrons. The molecule has 5 nitrogen and oxygen atoms in total. The van der Waals surface area contributed by atoms with Crippen molar-refractivity contribution >= 4 is 17.2 Å². The van der Waals surface area contributed by atoms with Gasteiger partial charge < -0.3 is 15.0 Å². The number of aromatic nitrogens is 1. The van der Waals surface area contributed by atoms with Gasteiger partial charge in [0.25, 0.3) is 5.91 Å². The number of carbonyl (C=O) groups excluding carboxylic acids is 1. The topological polar surface area (TPSA) is 54.5 Å². The van der Waals surface area contributed by atoms with Gasteiger partial charge >= 0.3 is 0 Å². The normalized spacial score (nSPS) is 18.3. The van der Waals surface area contributed by atoms with Gasteiger partial charge in [-0.25, -0.2) is 4.98 Å². The molecule has 1 N–H and O–H groups in total. The maximum Gasteiger partial charge on any atom is 0.265 e. The minimum atomic E-state index is 0.0752. The minimum Gasteiger partial charge on any atom is -0.497 e. The van der Waals surface area contributed by atoms with Crippen molar-refractivity contribution in [3.8, 4) is 16.3 Å². The van der Waals surface area contributed by atoms with Gasteiger partial charge in [0.1, 0.15) is 15.6 Å². The SMILES string of the molecule is COc1ccc(-c2ncc(C(=O)N3CCNC[C@H]3C)s2)cc1. The molecule has 1 fully saturated rings. The molecule has 2 heterocycles. The van der Waals surface area contributed by atoms with Crippen LogP contribution in [0, 0.1) is 0 Å². The Morgan fingerprint density at radius 2 is 2.18 bits per heavy atom. The lowest BCUT2D eigenvalue weighted by Gasteiger charge is -2.33. The van der Waals surface area contributed by atoms with Crippen molar-refractivity contribution in [2.75, 3.05) is 26.7 Å². The molecule has 0 bridgehead atoms. The van der Waals surface area contributed by atoms with Gasteiger partial charge in [-0.1, -0.05) is 0 Å². The summed E-state index contributed by atoms with van der Waals surface area (Å²) in [6.07, 6.45) is 1.68. The molecule has 1 aliphatic rings. The summed E-state index contributed by atoms with van der Waals surface area (Å²) in [5.41, 5.74) is 0.998. The first-order valence-corrected chi connectivity index (χ1v) is 8.12. The van der Waals surface area contributed by atoms with E-state index in [1.807, 2.05) is 29.2 Å². The standard InChI is InChI=1S/C16H19N3O2S/c1-11-9-17-7-8-19(11)16(20)14-10-18-15(22-14)12-3-5-13(21-2)6-4-12/h3-6,10-11,17H,7-9H2,1-2H3/t11-/m1/s1. The number of piperazine rings is 1. The Hall–Kier alpha value is -1.92. The van der Waals surface area contributed by atoms with Crippen LogP contribution in [0.1, 0.15) is 16.6 Å². The van der Waals surface area contributed by atoms with Gasteiger partial charge in [-0.15, -0.1) is 11.3 Å². The number of methoxy groups -OCH3 is 1. The Kier molecular flexibility index (Phi) is 4.40. The third kappa shape index (κ3) is 2.98. The van der Waals surface area contributed by atoms with Crippen molar-refractivity contribution in [2.45, 2.75) is 13.0 Å². The van der Waals surface area contributed by atoms with Crippen molar-refractivity contribution in [1.82, 2.24) is 15.2 Å². The fourth-order valence-electron chi connectivity index (χ4n) is 2.52. The monoisotopic (exact) mass is 317 g/mol. The fourth-order valence-corrected chi connectivity index (χ4v) is 3.40.